The maximum atomic E-state index is 12.7. The van der Waals surface area contributed by atoms with Crippen LogP contribution in [0.1, 0.15) is 72.6 Å². The summed E-state index contributed by atoms with van der Waals surface area (Å²) in [5.74, 6) is 1.16. The normalized spacial score (nSPS) is 35.3. The van der Waals surface area contributed by atoms with Crippen LogP contribution in [-0.2, 0) is 14.3 Å². The molecule has 2 aliphatic heterocycles. The molecule has 0 aromatic carbocycles. The smallest absolute Gasteiger partial charge is 0.225 e. The van der Waals surface area contributed by atoms with Crippen molar-refractivity contribution in [3.63, 3.8) is 0 Å². The quantitative estimate of drug-likeness (QED) is 0.816. The highest BCUT2D eigenvalue weighted by molar-refractivity contribution is 5.89. The Hall–Kier alpha value is -1.10. The number of nitrogens with zero attached hydrogens (tertiary/aromatic N) is 1. The molecule has 5 nitrogen and oxygen atoms in total. The van der Waals surface area contributed by atoms with Crippen molar-refractivity contribution in [2.75, 3.05) is 19.7 Å². The number of hydrogen-bond donors (Lipinski definition) is 1. The maximum absolute atomic E-state index is 12.7. The van der Waals surface area contributed by atoms with Crippen LogP contribution in [0.5, 0.6) is 0 Å². The molecule has 3 rings (SSSR count). The lowest BCUT2D eigenvalue weighted by atomic mass is 9.78. The molecule has 154 valence electrons. The summed E-state index contributed by atoms with van der Waals surface area (Å²) >= 11 is 0. The Labute approximate surface area is 164 Å². The fourth-order valence-corrected chi connectivity index (χ4v) is 5.20. The van der Waals surface area contributed by atoms with E-state index >= 15 is 0 Å². The molecule has 0 radical (unpaired) electrons. The number of ether oxygens (including phenoxy) is 1. The van der Waals surface area contributed by atoms with Gasteiger partial charge in [0.05, 0.1) is 12.0 Å². The van der Waals surface area contributed by atoms with Crippen LogP contribution in [-0.4, -0.2) is 48.6 Å². The van der Waals surface area contributed by atoms with Crippen LogP contribution in [0.2, 0.25) is 0 Å². The number of rotatable bonds is 4. The van der Waals surface area contributed by atoms with Crippen LogP contribution in [0.3, 0.4) is 0 Å². The van der Waals surface area contributed by atoms with Gasteiger partial charge in [-0.2, -0.15) is 0 Å². The van der Waals surface area contributed by atoms with Gasteiger partial charge in [-0.15, -0.1) is 0 Å². The number of nitrogens with one attached hydrogen (secondary N) is 1. The molecule has 0 aromatic rings. The molecule has 2 heterocycles. The van der Waals surface area contributed by atoms with Gasteiger partial charge in [-0.1, -0.05) is 27.7 Å². The van der Waals surface area contributed by atoms with Crippen molar-refractivity contribution in [1.82, 2.24) is 10.2 Å². The molecule has 27 heavy (non-hydrogen) atoms. The SMILES string of the molecule is CC1CCC(N2C[C@H](C(=O)NC[C@H]3CCCO[C@H]3C(C)(C)C)CC2=O)CC1. The van der Waals surface area contributed by atoms with Gasteiger partial charge < -0.3 is 15.0 Å². The van der Waals surface area contributed by atoms with Gasteiger partial charge in [0.2, 0.25) is 11.8 Å². The van der Waals surface area contributed by atoms with Gasteiger partial charge in [0.1, 0.15) is 0 Å². The van der Waals surface area contributed by atoms with Crippen molar-refractivity contribution in [3.05, 3.63) is 0 Å². The third kappa shape index (κ3) is 5.04. The molecule has 3 atom stereocenters. The van der Waals surface area contributed by atoms with Crippen molar-refractivity contribution in [2.24, 2.45) is 23.2 Å². The zero-order chi connectivity index (χ0) is 19.6. The average molecular weight is 379 g/mol. The second-order valence-corrected chi connectivity index (χ2v) is 10.2. The van der Waals surface area contributed by atoms with Gasteiger partial charge in [0, 0.05) is 38.1 Å². The topological polar surface area (TPSA) is 58.6 Å². The van der Waals surface area contributed by atoms with Crippen LogP contribution >= 0.6 is 0 Å². The Morgan fingerprint density at radius 3 is 2.56 bits per heavy atom. The molecule has 0 bridgehead atoms. The lowest BCUT2D eigenvalue weighted by Crippen LogP contribution is -2.46. The van der Waals surface area contributed by atoms with E-state index < -0.39 is 0 Å². The van der Waals surface area contributed by atoms with Gasteiger partial charge in [0.15, 0.2) is 0 Å². The summed E-state index contributed by atoms with van der Waals surface area (Å²) < 4.78 is 6.02. The molecule has 1 saturated carbocycles. The molecule has 0 spiro atoms. The molecule has 0 aromatic heterocycles. The van der Waals surface area contributed by atoms with Crippen LogP contribution in [0.15, 0.2) is 0 Å². The molecule has 3 fully saturated rings. The Bertz CT molecular complexity index is 534. The Balaban J connectivity index is 1.50. The van der Waals surface area contributed by atoms with E-state index in [1.165, 1.54) is 12.8 Å². The summed E-state index contributed by atoms with van der Waals surface area (Å²) in [6, 6.07) is 0.350. The summed E-state index contributed by atoms with van der Waals surface area (Å²) in [4.78, 5) is 27.2. The van der Waals surface area contributed by atoms with E-state index in [0.717, 1.165) is 38.2 Å². The van der Waals surface area contributed by atoms with Crippen molar-refractivity contribution in [3.8, 4) is 0 Å². The molecular weight excluding hydrogens is 340 g/mol. The van der Waals surface area contributed by atoms with E-state index in [4.69, 9.17) is 4.74 Å². The molecule has 2 amide bonds. The van der Waals surface area contributed by atoms with Crippen LogP contribution in [0.25, 0.3) is 0 Å². The average Bonchev–Trinajstić information content (AvgIpc) is 3.02. The van der Waals surface area contributed by atoms with Crippen LogP contribution in [0.4, 0.5) is 0 Å². The number of likely N-dealkylation sites (tertiary alicyclic amines) is 1. The Morgan fingerprint density at radius 1 is 1.19 bits per heavy atom. The molecule has 5 heteroatoms. The van der Waals surface area contributed by atoms with Crippen molar-refractivity contribution in [2.45, 2.75) is 84.8 Å². The van der Waals surface area contributed by atoms with Crippen molar-refractivity contribution >= 4 is 11.8 Å². The highest BCUT2D eigenvalue weighted by atomic mass is 16.5. The highest BCUT2D eigenvalue weighted by Crippen LogP contribution is 2.34. The second kappa shape index (κ2) is 8.50. The predicted molar refractivity (Wildman–Crippen MR) is 106 cm³/mol. The Kier molecular flexibility index (Phi) is 6.50. The van der Waals surface area contributed by atoms with E-state index in [1.54, 1.807) is 0 Å². The minimum absolute atomic E-state index is 0.0493. The minimum atomic E-state index is -0.186. The molecule has 2 saturated heterocycles. The van der Waals surface area contributed by atoms with E-state index in [1.807, 2.05) is 4.90 Å². The third-order valence-electron chi connectivity index (χ3n) is 6.79. The fraction of sp³-hybridized carbons (Fsp3) is 0.909. The second-order valence-electron chi connectivity index (χ2n) is 10.2. The van der Waals surface area contributed by atoms with Crippen LogP contribution < -0.4 is 5.32 Å². The monoisotopic (exact) mass is 378 g/mol. The van der Waals surface area contributed by atoms with Gasteiger partial charge in [-0.25, -0.2) is 0 Å². The summed E-state index contributed by atoms with van der Waals surface area (Å²) in [6.45, 7) is 11.0. The lowest BCUT2D eigenvalue weighted by Gasteiger charge is -2.40. The van der Waals surface area contributed by atoms with Gasteiger partial charge in [0.25, 0.3) is 0 Å². The van der Waals surface area contributed by atoms with Crippen molar-refractivity contribution in [1.29, 1.82) is 0 Å². The summed E-state index contributed by atoms with van der Waals surface area (Å²) in [5, 5.41) is 3.15. The summed E-state index contributed by atoms with van der Waals surface area (Å²) in [6.07, 6.45) is 7.28. The number of hydrogen-bond acceptors (Lipinski definition) is 3. The maximum Gasteiger partial charge on any atom is 0.225 e. The summed E-state index contributed by atoms with van der Waals surface area (Å²) in [7, 11) is 0. The first-order valence-corrected chi connectivity index (χ1v) is 10.9. The summed E-state index contributed by atoms with van der Waals surface area (Å²) in [5.41, 5.74) is 0.0774. The first-order valence-electron chi connectivity index (χ1n) is 10.9. The standard InChI is InChI=1S/C22H38N2O3/c1-15-7-9-18(10-8-15)24-14-17(12-19(24)25)21(26)23-13-16-6-5-11-27-20(16)22(2,3)4/h15-18,20H,5-14H2,1-4H3,(H,23,26)/t15?,16-,17-,18?,20-/m1/s1. The number of carbonyl (C=O) groups excluding carboxylic acids is 2. The first kappa shape index (κ1) is 20.6. The van der Waals surface area contributed by atoms with Crippen molar-refractivity contribution < 1.29 is 14.3 Å². The lowest BCUT2D eigenvalue weighted by molar-refractivity contribution is -0.131. The fourth-order valence-electron chi connectivity index (χ4n) is 5.20. The molecular formula is C22H38N2O3. The van der Waals surface area contributed by atoms with E-state index in [-0.39, 0.29) is 29.3 Å². The van der Waals surface area contributed by atoms with E-state index in [0.29, 0.717) is 31.5 Å². The highest BCUT2D eigenvalue weighted by Gasteiger charge is 2.40. The Morgan fingerprint density at radius 2 is 1.89 bits per heavy atom. The number of carbonyl (C=O) groups is 2. The van der Waals surface area contributed by atoms with E-state index in [9.17, 15) is 9.59 Å². The zero-order valence-electron chi connectivity index (χ0n) is 17.6. The number of amides is 2. The van der Waals surface area contributed by atoms with Gasteiger partial charge in [-0.05, 0) is 49.9 Å². The molecule has 0 unspecified atom stereocenters. The molecule has 1 N–H and O–H groups in total. The minimum Gasteiger partial charge on any atom is -0.377 e. The largest absolute Gasteiger partial charge is 0.377 e. The van der Waals surface area contributed by atoms with Gasteiger partial charge in [-0.3, -0.25) is 9.59 Å². The van der Waals surface area contributed by atoms with E-state index in [2.05, 4.69) is 33.0 Å². The van der Waals surface area contributed by atoms with Gasteiger partial charge >= 0.3 is 0 Å². The molecule has 3 aliphatic rings. The predicted octanol–water partition coefficient (Wildman–Crippen LogP) is 3.37. The molecule has 1 aliphatic carbocycles. The van der Waals surface area contributed by atoms with Crippen LogP contribution in [0, 0.1) is 23.2 Å². The first-order chi connectivity index (χ1) is 12.8. The zero-order valence-corrected chi connectivity index (χ0v) is 17.6. The third-order valence-corrected chi connectivity index (χ3v) is 6.79.